The molecule has 6 heteroatoms. The van der Waals surface area contributed by atoms with E-state index in [1.807, 2.05) is 25.1 Å². The molecule has 0 saturated heterocycles. The zero-order valence-corrected chi connectivity index (χ0v) is 14.3. The topological polar surface area (TPSA) is 73.1 Å². The number of carbonyl (C=O) groups is 1. The number of phenolic OH excluding ortho intramolecular Hbond substituents is 1. The fraction of sp³-hybridized carbons (Fsp3) is 0.111. The van der Waals surface area contributed by atoms with E-state index in [1.165, 1.54) is 18.2 Å². The molecule has 0 bridgehead atoms. The molecule has 0 aliphatic rings. The summed E-state index contributed by atoms with van der Waals surface area (Å²) in [5.41, 5.74) is 2.08. The van der Waals surface area contributed by atoms with Crippen LogP contribution >= 0.6 is 23.2 Å². The summed E-state index contributed by atoms with van der Waals surface area (Å²) in [7, 11) is 0. The number of amides is 1. The van der Waals surface area contributed by atoms with Crippen LogP contribution in [0.5, 0.6) is 5.75 Å². The highest BCUT2D eigenvalue weighted by Crippen LogP contribution is 2.33. The first-order chi connectivity index (χ1) is 11.4. The van der Waals surface area contributed by atoms with Crippen LogP contribution in [0.2, 0.25) is 10.0 Å². The highest BCUT2D eigenvalue weighted by molar-refractivity contribution is 6.37. The van der Waals surface area contributed by atoms with Gasteiger partial charge in [-0.05, 0) is 47.9 Å². The Hall–Kier alpha value is -2.48. The van der Waals surface area contributed by atoms with E-state index in [1.54, 1.807) is 12.1 Å². The van der Waals surface area contributed by atoms with Crippen LogP contribution in [-0.2, 0) is 11.2 Å². The SMILES string of the molecule is CCc1ccc(NC(=O)/C(C#N)=C\c2cc(Cl)c(O)c(Cl)c2)cc1. The van der Waals surface area contributed by atoms with Gasteiger partial charge in [0.1, 0.15) is 11.6 Å². The summed E-state index contributed by atoms with van der Waals surface area (Å²) in [5, 5.41) is 21.5. The van der Waals surface area contributed by atoms with Crippen molar-refractivity contribution in [1.82, 2.24) is 0 Å². The first kappa shape index (κ1) is 17.9. The molecule has 0 fully saturated rings. The van der Waals surface area contributed by atoms with Crippen molar-refractivity contribution >= 4 is 40.9 Å². The second-order valence-corrected chi connectivity index (χ2v) is 5.82. The summed E-state index contributed by atoms with van der Waals surface area (Å²) >= 11 is 11.7. The fourth-order valence-electron chi connectivity index (χ4n) is 2.01. The average Bonchev–Trinajstić information content (AvgIpc) is 2.58. The van der Waals surface area contributed by atoms with Crippen LogP contribution in [0.25, 0.3) is 6.08 Å². The summed E-state index contributed by atoms with van der Waals surface area (Å²) in [6.07, 6.45) is 2.26. The Balaban J connectivity index is 2.23. The number of aromatic hydroxyl groups is 1. The van der Waals surface area contributed by atoms with Crippen molar-refractivity contribution in [3.8, 4) is 11.8 Å². The number of aryl methyl sites for hydroxylation is 1. The first-order valence-corrected chi connectivity index (χ1v) is 7.90. The van der Waals surface area contributed by atoms with Crippen LogP contribution < -0.4 is 5.32 Å². The van der Waals surface area contributed by atoms with Crippen molar-refractivity contribution in [3.63, 3.8) is 0 Å². The van der Waals surface area contributed by atoms with E-state index in [0.29, 0.717) is 11.3 Å². The van der Waals surface area contributed by atoms with Gasteiger partial charge in [0.05, 0.1) is 10.0 Å². The number of halogens is 2. The normalized spacial score (nSPS) is 11.0. The summed E-state index contributed by atoms with van der Waals surface area (Å²) in [5.74, 6) is -0.781. The molecular formula is C18H14Cl2N2O2. The molecule has 2 rings (SSSR count). The van der Waals surface area contributed by atoms with Gasteiger partial charge < -0.3 is 10.4 Å². The Morgan fingerprint density at radius 2 is 1.83 bits per heavy atom. The van der Waals surface area contributed by atoms with E-state index in [4.69, 9.17) is 23.2 Å². The van der Waals surface area contributed by atoms with Crippen LogP contribution in [0.1, 0.15) is 18.1 Å². The van der Waals surface area contributed by atoms with Crippen LogP contribution in [-0.4, -0.2) is 11.0 Å². The minimum Gasteiger partial charge on any atom is -0.505 e. The van der Waals surface area contributed by atoms with Gasteiger partial charge in [-0.2, -0.15) is 5.26 Å². The maximum Gasteiger partial charge on any atom is 0.266 e. The standard InChI is InChI=1S/C18H14Cl2N2O2/c1-2-11-3-5-14(6-4-11)22-18(24)13(10-21)7-12-8-15(19)17(23)16(20)9-12/h3-9,23H,2H2,1H3,(H,22,24)/b13-7-. The third kappa shape index (κ3) is 4.29. The molecule has 122 valence electrons. The summed E-state index contributed by atoms with van der Waals surface area (Å²) in [6, 6.07) is 12.1. The molecule has 0 unspecified atom stereocenters. The summed E-state index contributed by atoms with van der Waals surface area (Å²) < 4.78 is 0. The molecule has 2 aromatic rings. The zero-order chi connectivity index (χ0) is 17.7. The van der Waals surface area contributed by atoms with E-state index < -0.39 is 5.91 Å². The number of hydrogen-bond acceptors (Lipinski definition) is 3. The van der Waals surface area contributed by atoms with Crippen molar-refractivity contribution < 1.29 is 9.90 Å². The van der Waals surface area contributed by atoms with Crippen molar-refractivity contribution in [2.24, 2.45) is 0 Å². The number of rotatable bonds is 4. The van der Waals surface area contributed by atoms with Crippen molar-refractivity contribution in [2.75, 3.05) is 5.32 Å². The molecule has 0 radical (unpaired) electrons. The van der Waals surface area contributed by atoms with Gasteiger partial charge in [0.25, 0.3) is 5.91 Å². The predicted octanol–water partition coefficient (Wildman–Crippen LogP) is 4.81. The molecule has 0 aromatic heterocycles. The first-order valence-electron chi connectivity index (χ1n) is 7.14. The summed E-state index contributed by atoms with van der Waals surface area (Å²) in [6.45, 7) is 2.04. The van der Waals surface area contributed by atoms with Crippen LogP contribution in [0.4, 0.5) is 5.69 Å². The average molecular weight is 361 g/mol. The lowest BCUT2D eigenvalue weighted by Gasteiger charge is -2.06. The number of hydrogen-bond donors (Lipinski definition) is 2. The molecule has 24 heavy (non-hydrogen) atoms. The number of nitrogens with one attached hydrogen (secondary N) is 1. The van der Waals surface area contributed by atoms with E-state index in [9.17, 15) is 15.2 Å². The van der Waals surface area contributed by atoms with Gasteiger partial charge >= 0.3 is 0 Å². The van der Waals surface area contributed by atoms with Crippen molar-refractivity contribution in [3.05, 3.63) is 63.1 Å². The van der Waals surface area contributed by atoms with Crippen molar-refractivity contribution in [2.45, 2.75) is 13.3 Å². The smallest absolute Gasteiger partial charge is 0.266 e. The number of nitrogens with zero attached hydrogens (tertiary/aromatic N) is 1. The molecule has 2 N–H and O–H groups in total. The van der Waals surface area contributed by atoms with Gasteiger partial charge in [-0.15, -0.1) is 0 Å². The highest BCUT2D eigenvalue weighted by atomic mass is 35.5. The molecule has 0 atom stereocenters. The zero-order valence-electron chi connectivity index (χ0n) is 12.8. The van der Waals surface area contributed by atoms with E-state index >= 15 is 0 Å². The molecule has 0 spiro atoms. The molecule has 0 aliphatic heterocycles. The molecule has 0 saturated carbocycles. The minimum atomic E-state index is -0.540. The van der Waals surface area contributed by atoms with Crippen LogP contribution in [0.15, 0.2) is 42.0 Å². The molecule has 4 nitrogen and oxygen atoms in total. The van der Waals surface area contributed by atoms with Gasteiger partial charge in [0, 0.05) is 5.69 Å². The number of nitriles is 1. The second-order valence-electron chi connectivity index (χ2n) is 5.01. The highest BCUT2D eigenvalue weighted by Gasteiger charge is 2.11. The van der Waals surface area contributed by atoms with Gasteiger partial charge in [-0.3, -0.25) is 4.79 Å². The lowest BCUT2D eigenvalue weighted by atomic mass is 10.1. The van der Waals surface area contributed by atoms with Gasteiger partial charge in [-0.25, -0.2) is 0 Å². The molecular weight excluding hydrogens is 347 g/mol. The molecule has 1 amide bonds. The second kappa shape index (κ2) is 7.87. The Kier molecular flexibility index (Phi) is 5.86. The van der Waals surface area contributed by atoms with Gasteiger partial charge in [-0.1, -0.05) is 42.3 Å². The number of anilines is 1. The third-order valence-corrected chi connectivity index (χ3v) is 3.91. The third-order valence-electron chi connectivity index (χ3n) is 3.34. The Morgan fingerprint density at radius 1 is 1.25 bits per heavy atom. The van der Waals surface area contributed by atoms with Crippen LogP contribution in [0.3, 0.4) is 0 Å². The number of benzene rings is 2. The number of phenols is 1. The van der Waals surface area contributed by atoms with Gasteiger partial charge in [0.15, 0.2) is 5.75 Å². The van der Waals surface area contributed by atoms with Crippen LogP contribution in [0, 0.1) is 11.3 Å². The molecule has 0 aliphatic carbocycles. The van der Waals surface area contributed by atoms with E-state index in [0.717, 1.165) is 12.0 Å². The van der Waals surface area contributed by atoms with Crippen molar-refractivity contribution in [1.29, 1.82) is 5.26 Å². The predicted molar refractivity (Wildman–Crippen MR) is 96.2 cm³/mol. The monoisotopic (exact) mass is 360 g/mol. The lowest BCUT2D eigenvalue weighted by Crippen LogP contribution is -2.13. The van der Waals surface area contributed by atoms with E-state index in [2.05, 4.69) is 5.32 Å². The minimum absolute atomic E-state index is 0.0432. The summed E-state index contributed by atoms with van der Waals surface area (Å²) in [4.78, 5) is 12.2. The fourth-order valence-corrected chi connectivity index (χ4v) is 2.51. The Labute approximate surface area is 149 Å². The number of carbonyl (C=O) groups excluding carboxylic acids is 1. The maximum atomic E-state index is 12.2. The maximum absolute atomic E-state index is 12.2. The van der Waals surface area contributed by atoms with Gasteiger partial charge in [0.2, 0.25) is 0 Å². The van der Waals surface area contributed by atoms with E-state index in [-0.39, 0.29) is 21.4 Å². The lowest BCUT2D eigenvalue weighted by molar-refractivity contribution is -0.112. The largest absolute Gasteiger partial charge is 0.505 e. The molecule has 2 aromatic carbocycles. The molecule has 0 heterocycles. The Morgan fingerprint density at radius 3 is 2.33 bits per heavy atom. The Bertz CT molecular complexity index is 814. The quantitative estimate of drug-likeness (QED) is 0.606.